The van der Waals surface area contributed by atoms with E-state index >= 15 is 0 Å². The topological polar surface area (TPSA) is 18.5 Å². The van der Waals surface area contributed by atoms with Gasteiger partial charge in [-0.15, -0.1) is 0 Å². The second-order valence-electron chi connectivity index (χ2n) is 7.30. The summed E-state index contributed by atoms with van der Waals surface area (Å²) in [6.45, 7) is 1.64. The van der Waals surface area contributed by atoms with Crippen LogP contribution in [0.15, 0.2) is 60.7 Å². The van der Waals surface area contributed by atoms with Gasteiger partial charge in [0.25, 0.3) is 0 Å². The molecular weight excluding hydrogens is 296 g/mol. The van der Waals surface area contributed by atoms with Crippen molar-refractivity contribution in [3.63, 3.8) is 0 Å². The molecule has 0 aromatic heterocycles. The lowest BCUT2D eigenvalue weighted by Gasteiger charge is -2.26. The van der Waals surface area contributed by atoms with Crippen molar-refractivity contribution < 1.29 is 9.47 Å². The van der Waals surface area contributed by atoms with Crippen molar-refractivity contribution in [2.75, 3.05) is 13.2 Å². The molecule has 3 atom stereocenters. The summed E-state index contributed by atoms with van der Waals surface area (Å²) in [4.78, 5) is 0. The Kier molecular flexibility index (Phi) is 4.68. The van der Waals surface area contributed by atoms with Gasteiger partial charge in [-0.3, -0.25) is 0 Å². The Morgan fingerprint density at radius 2 is 1.71 bits per heavy atom. The van der Waals surface area contributed by atoms with Crippen LogP contribution in [0.1, 0.15) is 42.7 Å². The minimum atomic E-state index is 0.00317. The van der Waals surface area contributed by atoms with E-state index in [0.717, 1.165) is 26.1 Å². The molecule has 1 heterocycles. The Labute approximate surface area is 144 Å². The molecule has 1 aliphatic carbocycles. The summed E-state index contributed by atoms with van der Waals surface area (Å²) in [6.07, 6.45) is 5.72. The first kappa shape index (κ1) is 15.9. The van der Waals surface area contributed by atoms with Crippen molar-refractivity contribution in [3.8, 4) is 0 Å². The minimum absolute atomic E-state index is 0.00317. The summed E-state index contributed by atoms with van der Waals surface area (Å²) >= 11 is 0. The van der Waals surface area contributed by atoms with Gasteiger partial charge in [0.1, 0.15) is 0 Å². The zero-order chi connectivity index (χ0) is 16.2. The van der Waals surface area contributed by atoms with Gasteiger partial charge in [-0.2, -0.15) is 0 Å². The average molecular weight is 322 g/mol. The van der Waals surface area contributed by atoms with Gasteiger partial charge in [0.2, 0.25) is 0 Å². The molecule has 2 nitrogen and oxygen atoms in total. The highest BCUT2D eigenvalue weighted by atomic mass is 16.7. The summed E-state index contributed by atoms with van der Waals surface area (Å²) < 4.78 is 12.0. The molecule has 1 saturated carbocycles. The van der Waals surface area contributed by atoms with Gasteiger partial charge in [-0.25, -0.2) is 0 Å². The molecule has 0 bridgehead atoms. The van der Waals surface area contributed by atoms with Crippen LogP contribution >= 0.6 is 0 Å². The number of ether oxygens (including phenoxy) is 2. The van der Waals surface area contributed by atoms with E-state index in [1.807, 2.05) is 0 Å². The van der Waals surface area contributed by atoms with Crippen molar-refractivity contribution in [2.45, 2.75) is 44.3 Å². The van der Waals surface area contributed by atoms with Crippen molar-refractivity contribution in [1.29, 1.82) is 0 Å². The highest BCUT2D eigenvalue weighted by molar-refractivity contribution is 5.32. The van der Waals surface area contributed by atoms with Gasteiger partial charge in [-0.1, -0.05) is 60.7 Å². The first-order chi connectivity index (χ1) is 11.9. The van der Waals surface area contributed by atoms with Crippen LogP contribution in [0.4, 0.5) is 0 Å². The van der Waals surface area contributed by atoms with Crippen molar-refractivity contribution in [3.05, 3.63) is 71.8 Å². The molecule has 0 N–H and O–H groups in total. The third-order valence-electron chi connectivity index (χ3n) is 5.49. The number of hydrogen-bond acceptors (Lipinski definition) is 2. The third kappa shape index (κ3) is 3.55. The fourth-order valence-corrected chi connectivity index (χ4v) is 4.01. The number of benzene rings is 2. The van der Waals surface area contributed by atoms with Crippen LogP contribution in [0.2, 0.25) is 0 Å². The van der Waals surface area contributed by atoms with Gasteiger partial charge in [0.15, 0.2) is 6.29 Å². The van der Waals surface area contributed by atoms with Crippen molar-refractivity contribution in [1.82, 2.24) is 0 Å². The lowest BCUT2D eigenvalue weighted by Crippen LogP contribution is -2.27. The molecule has 2 heteroatoms. The lowest BCUT2D eigenvalue weighted by molar-refractivity contribution is -0.171. The second-order valence-corrected chi connectivity index (χ2v) is 7.30. The fraction of sp³-hybridized carbons (Fsp3) is 0.455. The van der Waals surface area contributed by atoms with E-state index in [0.29, 0.717) is 5.92 Å². The molecule has 24 heavy (non-hydrogen) atoms. The molecule has 1 aliphatic heterocycles. The quantitative estimate of drug-likeness (QED) is 0.749. The summed E-state index contributed by atoms with van der Waals surface area (Å²) in [5, 5.41) is 0. The van der Waals surface area contributed by atoms with Gasteiger partial charge >= 0.3 is 0 Å². The average Bonchev–Trinajstić information content (AvgIpc) is 3.37. The van der Waals surface area contributed by atoms with Crippen LogP contribution in [0, 0.1) is 5.41 Å². The first-order valence-corrected chi connectivity index (χ1v) is 9.18. The first-order valence-electron chi connectivity index (χ1n) is 9.18. The van der Waals surface area contributed by atoms with E-state index in [1.54, 1.807) is 0 Å². The second kappa shape index (κ2) is 7.08. The van der Waals surface area contributed by atoms with Crippen LogP contribution in [0.3, 0.4) is 0 Å². The molecule has 126 valence electrons. The summed E-state index contributed by atoms with van der Waals surface area (Å²) in [6, 6.07) is 21.7. The van der Waals surface area contributed by atoms with Crippen LogP contribution in [0.5, 0.6) is 0 Å². The molecule has 4 rings (SSSR count). The van der Waals surface area contributed by atoms with Gasteiger partial charge in [0.05, 0.1) is 6.61 Å². The van der Waals surface area contributed by atoms with E-state index in [1.165, 1.54) is 30.4 Å². The molecule has 2 aromatic rings. The smallest absolute Gasteiger partial charge is 0.157 e. The van der Waals surface area contributed by atoms with Crippen molar-refractivity contribution in [2.24, 2.45) is 5.41 Å². The largest absolute Gasteiger partial charge is 0.353 e. The van der Waals surface area contributed by atoms with Crippen LogP contribution in [-0.2, 0) is 15.9 Å². The molecule has 0 radical (unpaired) electrons. The highest BCUT2D eigenvalue weighted by Gasteiger charge is 2.54. The van der Waals surface area contributed by atoms with Gasteiger partial charge in [-0.05, 0) is 49.1 Å². The maximum Gasteiger partial charge on any atom is 0.157 e. The lowest BCUT2D eigenvalue weighted by atomic mass is 9.92. The Hall–Kier alpha value is -1.64. The highest BCUT2D eigenvalue weighted by Crippen LogP contribution is 2.61. The monoisotopic (exact) mass is 322 g/mol. The predicted octanol–water partition coefficient (Wildman–Crippen LogP) is 4.95. The van der Waals surface area contributed by atoms with E-state index in [2.05, 4.69) is 60.7 Å². The molecule has 2 aromatic carbocycles. The molecule has 2 fully saturated rings. The summed E-state index contributed by atoms with van der Waals surface area (Å²) in [7, 11) is 0. The number of rotatable bonds is 6. The molecule has 3 unspecified atom stereocenters. The zero-order valence-electron chi connectivity index (χ0n) is 14.2. The molecule has 1 saturated heterocycles. The van der Waals surface area contributed by atoms with E-state index in [4.69, 9.17) is 9.47 Å². The summed E-state index contributed by atoms with van der Waals surface area (Å²) in [5.74, 6) is 0.600. The van der Waals surface area contributed by atoms with Crippen molar-refractivity contribution >= 4 is 0 Å². The number of hydrogen-bond donors (Lipinski definition) is 0. The standard InChI is InChI=1S/C22H26O2/c1-3-9-18(10-4-1)15-22(17-24-21-13-7-8-14-23-21)16-20(22)19-11-5-2-6-12-19/h1-6,9-12,20-21H,7-8,13-17H2. The zero-order valence-corrected chi connectivity index (χ0v) is 14.2. The van der Waals surface area contributed by atoms with E-state index in [-0.39, 0.29) is 11.7 Å². The molecular formula is C22H26O2. The van der Waals surface area contributed by atoms with Gasteiger partial charge < -0.3 is 9.47 Å². The Balaban J connectivity index is 1.48. The normalized spacial score (nSPS) is 29.3. The third-order valence-corrected chi connectivity index (χ3v) is 5.49. The fourth-order valence-electron chi connectivity index (χ4n) is 4.01. The molecule has 2 aliphatic rings. The Morgan fingerprint density at radius 3 is 2.42 bits per heavy atom. The Morgan fingerprint density at radius 1 is 0.958 bits per heavy atom. The van der Waals surface area contributed by atoms with Gasteiger partial charge in [0, 0.05) is 12.0 Å². The van der Waals surface area contributed by atoms with E-state index < -0.39 is 0 Å². The SMILES string of the molecule is c1ccc(CC2(COC3CCCCO3)CC2c2ccccc2)cc1. The molecule has 0 amide bonds. The molecule has 0 spiro atoms. The minimum Gasteiger partial charge on any atom is -0.353 e. The maximum absolute atomic E-state index is 6.21. The van der Waals surface area contributed by atoms with E-state index in [9.17, 15) is 0 Å². The summed E-state index contributed by atoms with van der Waals surface area (Å²) in [5.41, 5.74) is 3.08. The van der Waals surface area contributed by atoms with Crippen LogP contribution in [-0.4, -0.2) is 19.5 Å². The van der Waals surface area contributed by atoms with Crippen LogP contribution < -0.4 is 0 Å². The Bertz CT molecular complexity index is 634. The maximum atomic E-state index is 6.21. The predicted molar refractivity (Wildman–Crippen MR) is 95.9 cm³/mol. The van der Waals surface area contributed by atoms with Crippen LogP contribution in [0.25, 0.3) is 0 Å².